The maximum Gasteiger partial charge on any atom is 0.142 e. The number of benzene rings is 1. The van der Waals surface area contributed by atoms with Gasteiger partial charge in [-0.05, 0) is 30.7 Å². The Labute approximate surface area is 106 Å². The van der Waals surface area contributed by atoms with Gasteiger partial charge in [0.05, 0.1) is 18.2 Å². The van der Waals surface area contributed by atoms with Crippen LogP contribution in [0.5, 0.6) is 0 Å². The van der Waals surface area contributed by atoms with Crippen LogP contribution in [0.15, 0.2) is 18.2 Å². The smallest absolute Gasteiger partial charge is 0.142 e. The summed E-state index contributed by atoms with van der Waals surface area (Å²) in [6.45, 7) is 2.44. The molecule has 0 fully saturated rings. The summed E-state index contributed by atoms with van der Waals surface area (Å²) in [7, 11) is 0. The Kier molecular flexibility index (Phi) is 7.12. The van der Waals surface area contributed by atoms with E-state index in [1.54, 1.807) is 12.1 Å². The molecule has 0 saturated heterocycles. The van der Waals surface area contributed by atoms with Crippen molar-refractivity contribution in [2.45, 2.75) is 13.0 Å². The summed E-state index contributed by atoms with van der Waals surface area (Å²) in [5.41, 5.74) is 0.864. The molecule has 0 aliphatic rings. The average Bonchev–Trinajstić information content (AvgIpc) is 2.32. The van der Waals surface area contributed by atoms with E-state index in [2.05, 4.69) is 5.32 Å². The van der Waals surface area contributed by atoms with Crippen molar-refractivity contribution in [1.29, 1.82) is 0 Å². The van der Waals surface area contributed by atoms with Crippen LogP contribution in [0.25, 0.3) is 0 Å². The summed E-state index contributed by atoms with van der Waals surface area (Å²) in [6.07, 6.45) is 0.857. The third kappa shape index (κ3) is 5.98. The molecule has 17 heavy (non-hydrogen) atoms. The summed E-state index contributed by atoms with van der Waals surface area (Å²) < 4.78 is 18.2. The van der Waals surface area contributed by atoms with Crippen molar-refractivity contribution in [2.75, 3.05) is 26.4 Å². The van der Waals surface area contributed by atoms with Crippen LogP contribution in [0.2, 0.25) is 5.02 Å². The molecule has 1 aromatic rings. The Morgan fingerprint density at radius 1 is 1.35 bits per heavy atom. The molecule has 2 N–H and O–H groups in total. The molecule has 0 atom stereocenters. The summed E-state index contributed by atoms with van der Waals surface area (Å²) in [4.78, 5) is 0. The van der Waals surface area contributed by atoms with Gasteiger partial charge in [-0.1, -0.05) is 17.7 Å². The highest BCUT2D eigenvalue weighted by atomic mass is 35.5. The van der Waals surface area contributed by atoms with Gasteiger partial charge in [0, 0.05) is 13.2 Å². The molecule has 1 aromatic carbocycles. The largest absolute Gasteiger partial charge is 0.394 e. The van der Waals surface area contributed by atoms with Crippen LogP contribution in [0, 0.1) is 5.82 Å². The molecule has 0 aliphatic carbocycles. The van der Waals surface area contributed by atoms with Crippen LogP contribution < -0.4 is 5.32 Å². The molecular formula is C12H17ClFNO2. The third-order valence-electron chi connectivity index (χ3n) is 2.19. The fourth-order valence-electron chi connectivity index (χ4n) is 1.35. The van der Waals surface area contributed by atoms with Crippen LogP contribution in [0.1, 0.15) is 12.0 Å². The van der Waals surface area contributed by atoms with Gasteiger partial charge >= 0.3 is 0 Å². The molecule has 0 heterocycles. The number of hydrogen-bond donors (Lipinski definition) is 2. The van der Waals surface area contributed by atoms with E-state index in [1.807, 2.05) is 0 Å². The second kappa shape index (κ2) is 8.42. The minimum absolute atomic E-state index is 0.0531. The molecule has 0 bridgehead atoms. The monoisotopic (exact) mass is 261 g/mol. The van der Waals surface area contributed by atoms with Crippen molar-refractivity contribution in [3.63, 3.8) is 0 Å². The SMILES string of the molecule is OCCOCCCNCc1ccc(Cl)c(F)c1. The Morgan fingerprint density at radius 3 is 2.88 bits per heavy atom. The van der Waals surface area contributed by atoms with E-state index in [1.165, 1.54) is 6.07 Å². The van der Waals surface area contributed by atoms with E-state index in [-0.39, 0.29) is 11.6 Å². The average molecular weight is 262 g/mol. The van der Waals surface area contributed by atoms with E-state index in [4.69, 9.17) is 21.4 Å². The zero-order valence-electron chi connectivity index (χ0n) is 9.59. The van der Waals surface area contributed by atoms with Gasteiger partial charge in [0.15, 0.2) is 0 Å². The second-order valence-corrected chi connectivity index (χ2v) is 4.02. The molecule has 1 rings (SSSR count). The minimum atomic E-state index is -0.391. The predicted octanol–water partition coefficient (Wildman–Crippen LogP) is 1.97. The molecule has 0 saturated carbocycles. The number of hydrogen-bond acceptors (Lipinski definition) is 3. The first-order chi connectivity index (χ1) is 8.24. The van der Waals surface area contributed by atoms with Crippen molar-refractivity contribution < 1.29 is 14.2 Å². The Bertz CT molecular complexity index is 336. The lowest BCUT2D eigenvalue weighted by Gasteiger charge is -2.06. The molecule has 3 nitrogen and oxygen atoms in total. The summed E-state index contributed by atoms with van der Waals surface area (Å²) in [5, 5.41) is 11.8. The first kappa shape index (κ1) is 14.4. The van der Waals surface area contributed by atoms with E-state index >= 15 is 0 Å². The van der Waals surface area contributed by atoms with Crippen molar-refractivity contribution in [1.82, 2.24) is 5.32 Å². The lowest BCUT2D eigenvalue weighted by Crippen LogP contribution is -2.16. The maximum atomic E-state index is 13.1. The molecule has 0 aliphatic heterocycles. The van der Waals surface area contributed by atoms with Gasteiger partial charge in [-0.25, -0.2) is 4.39 Å². The standard InChI is InChI=1S/C12H17ClFNO2/c13-11-3-2-10(8-12(11)14)9-15-4-1-6-17-7-5-16/h2-3,8,15-16H,1,4-7,9H2. The summed E-state index contributed by atoms with van der Waals surface area (Å²) >= 11 is 5.58. The Morgan fingerprint density at radius 2 is 2.18 bits per heavy atom. The Hall–Kier alpha value is -0.680. The van der Waals surface area contributed by atoms with E-state index in [0.717, 1.165) is 18.5 Å². The molecule has 0 amide bonds. The molecular weight excluding hydrogens is 245 g/mol. The third-order valence-corrected chi connectivity index (χ3v) is 2.50. The summed E-state index contributed by atoms with van der Waals surface area (Å²) in [5.74, 6) is -0.391. The minimum Gasteiger partial charge on any atom is -0.394 e. The van der Waals surface area contributed by atoms with Gasteiger partial charge in [-0.15, -0.1) is 0 Å². The van der Waals surface area contributed by atoms with Crippen molar-refractivity contribution >= 4 is 11.6 Å². The van der Waals surface area contributed by atoms with Crippen LogP contribution in [-0.2, 0) is 11.3 Å². The zero-order chi connectivity index (χ0) is 12.5. The molecule has 5 heteroatoms. The highest BCUT2D eigenvalue weighted by Crippen LogP contribution is 2.15. The van der Waals surface area contributed by atoms with Crippen LogP contribution in [-0.4, -0.2) is 31.5 Å². The lowest BCUT2D eigenvalue weighted by molar-refractivity contribution is 0.0907. The lowest BCUT2D eigenvalue weighted by atomic mass is 10.2. The fourth-order valence-corrected chi connectivity index (χ4v) is 1.47. The number of aliphatic hydroxyl groups is 1. The van der Waals surface area contributed by atoms with E-state index in [0.29, 0.717) is 19.8 Å². The molecule has 96 valence electrons. The zero-order valence-corrected chi connectivity index (χ0v) is 10.3. The summed E-state index contributed by atoms with van der Waals surface area (Å²) in [6, 6.07) is 4.77. The van der Waals surface area contributed by atoms with Crippen molar-refractivity contribution in [3.05, 3.63) is 34.6 Å². The van der Waals surface area contributed by atoms with Gasteiger partial charge in [-0.3, -0.25) is 0 Å². The topological polar surface area (TPSA) is 41.5 Å². The number of ether oxygens (including phenoxy) is 1. The number of nitrogens with one attached hydrogen (secondary N) is 1. The van der Waals surface area contributed by atoms with Gasteiger partial charge in [0.1, 0.15) is 5.82 Å². The van der Waals surface area contributed by atoms with Gasteiger partial charge in [-0.2, -0.15) is 0 Å². The first-order valence-electron chi connectivity index (χ1n) is 5.57. The predicted molar refractivity (Wildman–Crippen MR) is 65.6 cm³/mol. The van der Waals surface area contributed by atoms with Crippen LogP contribution in [0.3, 0.4) is 0 Å². The van der Waals surface area contributed by atoms with Crippen molar-refractivity contribution in [3.8, 4) is 0 Å². The van der Waals surface area contributed by atoms with Gasteiger partial charge in [0.25, 0.3) is 0 Å². The molecule has 0 spiro atoms. The number of halogens is 2. The fraction of sp³-hybridized carbons (Fsp3) is 0.500. The Balaban J connectivity index is 2.11. The van der Waals surface area contributed by atoms with Crippen LogP contribution in [0.4, 0.5) is 4.39 Å². The highest BCUT2D eigenvalue weighted by Gasteiger charge is 2.00. The van der Waals surface area contributed by atoms with Crippen LogP contribution >= 0.6 is 11.6 Å². The van der Waals surface area contributed by atoms with Crippen molar-refractivity contribution in [2.24, 2.45) is 0 Å². The molecule has 0 aromatic heterocycles. The van der Waals surface area contributed by atoms with Gasteiger partial charge < -0.3 is 15.2 Å². The molecule has 0 radical (unpaired) electrons. The van der Waals surface area contributed by atoms with E-state index in [9.17, 15) is 4.39 Å². The quantitative estimate of drug-likeness (QED) is 0.703. The first-order valence-corrected chi connectivity index (χ1v) is 5.95. The molecule has 0 unspecified atom stereocenters. The second-order valence-electron chi connectivity index (χ2n) is 3.61. The number of aliphatic hydroxyl groups excluding tert-OH is 1. The number of rotatable bonds is 8. The normalized spacial score (nSPS) is 10.8. The maximum absolute atomic E-state index is 13.1. The van der Waals surface area contributed by atoms with Gasteiger partial charge in [0.2, 0.25) is 0 Å². The highest BCUT2D eigenvalue weighted by molar-refractivity contribution is 6.30. The van der Waals surface area contributed by atoms with E-state index < -0.39 is 5.82 Å².